The second kappa shape index (κ2) is 2.76. The van der Waals surface area contributed by atoms with E-state index in [2.05, 4.69) is 15.1 Å². The summed E-state index contributed by atoms with van der Waals surface area (Å²) in [4.78, 5) is 18.8. The number of aromatic nitrogens is 3. The molecule has 0 saturated heterocycles. The second-order valence-electron chi connectivity index (χ2n) is 2.88. The zero-order valence-corrected chi connectivity index (χ0v) is 7.61. The van der Waals surface area contributed by atoms with Gasteiger partial charge in [-0.15, -0.1) is 0 Å². The van der Waals surface area contributed by atoms with Crippen LogP contribution >= 0.6 is 0 Å². The fraction of sp³-hybridized carbons (Fsp3) is 0.250. The number of hydrogen-bond donors (Lipinski definition) is 1. The topological polar surface area (TPSA) is 89.1 Å². The number of aromatic carboxylic acids is 1. The van der Waals surface area contributed by atoms with Gasteiger partial charge in [0.05, 0.1) is 11.4 Å². The van der Waals surface area contributed by atoms with Crippen LogP contribution in [-0.4, -0.2) is 26.2 Å². The van der Waals surface area contributed by atoms with E-state index in [4.69, 9.17) is 9.63 Å². The molecule has 6 nitrogen and oxygen atoms in total. The van der Waals surface area contributed by atoms with Crippen molar-refractivity contribution in [1.29, 1.82) is 0 Å². The molecule has 0 spiro atoms. The van der Waals surface area contributed by atoms with Crippen LogP contribution in [0.5, 0.6) is 0 Å². The van der Waals surface area contributed by atoms with E-state index >= 15 is 0 Å². The highest BCUT2D eigenvalue weighted by molar-refractivity contribution is 5.97. The second-order valence-corrected chi connectivity index (χ2v) is 2.88. The molecule has 6 heteroatoms. The average molecular weight is 193 g/mol. The SMILES string of the molecule is Cc1nc2onc(C(=O)O)c2nc1C. The van der Waals surface area contributed by atoms with Gasteiger partial charge in [0, 0.05) is 0 Å². The summed E-state index contributed by atoms with van der Waals surface area (Å²) in [6, 6.07) is 0. The van der Waals surface area contributed by atoms with Crippen molar-refractivity contribution in [2.45, 2.75) is 13.8 Å². The van der Waals surface area contributed by atoms with Gasteiger partial charge in [-0.3, -0.25) is 0 Å². The Morgan fingerprint density at radius 2 is 1.93 bits per heavy atom. The molecule has 0 bridgehead atoms. The minimum absolute atomic E-state index is 0.158. The fourth-order valence-electron chi connectivity index (χ4n) is 1.07. The van der Waals surface area contributed by atoms with Crippen LogP contribution in [0.3, 0.4) is 0 Å². The van der Waals surface area contributed by atoms with E-state index in [0.29, 0.717) is 11.4 Å². The molecule has 2 heterocycles. The van der Waals surface area contributed by atoms with Crippen molar-refractivity contribution in [2.24, 2.45) is 0 Å². The van der Waals surface area contributed by atoms with Crippen LogP contribution in [0.25, 0.3) is 11.2 Å². The van der Waals surface area contributed by atoms with Gasteiger partial charge in [-0.25, -0.2) is 14.8 Å². The summed E-state index contributed by atoms with van der Waals surface area (Å²) in [5.74, 6) is -1.17. The summed E-state index contributed by atoms with van der Waals surface area (Å²) in [6.07, 6.45) is 0. The third-order valence-electron chi connectivity index (χ3n) is 1.93. The molecule has 14 heavy (non-hydrogen) atoms. The summed E-state index contributed by atoms with van der Waals surface area (Å²) in [6.45, 7) is 3.52. The van der Waals surface area contributed by atoms with E-state index in [9.17, 15) is 4.79 Å². The molecule has 0 atom stereocenters. The largest absolute Gasteiger partial charge is 0.476 e. The predicted molar refractivity (Wildman–Crippen MR) is 46.0 cm³/mol. The zero-order valence-electron chi connectivity index (χ0n) is 7.61. The number of rotatable bonds is 1. The van der Waals surface area contributed by atoms with E-state index in [1.54, 1.807) is 13.8 Å². The Kier molecular flexibility index (Phi) is 1.70. The maximum atomic E-state index is 10.7. The molecule has 72 valence electrons. The fourth-order valence-corrected chi connectivity index (χ4v) is 1.07. The van der Waals surface area contributed by atoms with Gasteiger partial charge in [0.25, 0.3) is 5.71 Å². The van der Waals surface area contributed by atoms with Crippen molar-refractivity contribution in [3.05, 3.63) is 17.1 Å². The molecule has 0 aliphatic rings. The van der Waals surface area contributed by atoms with Crippen molar-refractivity contribution in [3.8, 4) is 0 Å². The van der Waals surface area contributed by atoms with Gasteiger partial charge >= 0.3 is 5.97 Å². The number of aryl methyl sites for hydroxylation is 2. The number of carboxylic acids is 1. The van der Waals surface area contributed by atoms with E-state index in [1.807, 2.05) is 0 Å². The summed E-state index contributed by atoms with van der Waals surface area (Å²) in [5.41, 5.74) is 1.52. The standard InChI is InChI=1S/C8H7N3O3/c1-3-4(2)10-7-5(9-3)6(8(12)13)11-14-7/h1-2H3,(H,12,13). The highest BCUT2D eigenvalue weighted by atomic mass is 16.5. The van der Waals surface area contributed by atoms with Gasteiger partial charge in [0.2, 0.25) is 5.69 Å². The van der Waals surface area contributed by atoms with E-state index < -0.39 is 5.97 Å². The lowest BCUT2D eigenvalue weighted by Gasteiger charge is -1.95. The van der Waals surface area contributed by atoms with E-state index in [0.717, 1.165) is 0 Å². The molecule has 2 rings (SSSR count). The first kappa shape index (κ1) is 8.61. The van der Waals surface area contributed by atoms with E-state index in [1.165, 1.54) is 0 Å². The van der Waals surface area contributed by atoms with Gasteiger partial charge in [0.15, 0.2) is 5.52 Å². The third kappa shape index (κ3) is 1.12. The number of fused-ring (bicyclic) bond motifs is 1. The molecule has 0 amide bonds. The summed E-state index contributed by atoms with van der Waals surface area (Å²) in [5, 5.41) is 12.1. The smallest absolute Gasteiger partial charge is 0.360 e. The maximum Gasteiger partial charge on any atom is 0.360 e. The first-order chi connectivity index (χ1) is 6.59. The molecule has 1 N–H and O–H groups in total. The Hall–Kier alpha value is -1.98. The van der Waals surface area contributed by atoms with Crippen LogP contribution in [0.2, 0.25) is 0 Å². The maximum absolute atomic E-state index is 10.7. The third-order valence-corrected chi connectivity index (χ3v) is 1.93. The number of hydrogen-bond acceptors (Lipinski definition) is 5. The lowest BCUT2D eigenvalue weighted by molar-refractivity contribution is 0.0687. The molecule has 0 aliphatic carbocycles. The molecule has 2 aromatic rings. The predicted octanol–water partition coefficient (Wildman–Crippen LogP) is 0.933. The Morgan fingerprint density at radius 1 is 1.29 bits per heavy atom. The Bertz CT molecular complexity index is 518. The number of carbonyl (C=O) groups is 1. The molecule has 2 aromatic heterocycles. The molecule has 0 aromatic carbocycles. The molecule has 0 radical (unpaired) electrons. The van der Waals surface area contributed by atoms with Gasteiger partial charge in [-0.1, -0.05) is 5.16 Å². The van der Waals surface area contributed by atoms with Gasteiger partial charge < -0.3 is 9.63 Å². The number of nitrogens with zero attached hydrogens (tertiary/aromatic N) is 3. The zero-order chi connectivity index (χ0) is 10.3. The van der Waals surface area contributed by atoms with Crippen molar-refractivity contribution in [2.75, 3.05) is 0 Å². The van der Waals surface area contributed by atoms with E-state index in [-0.39, 0.29) is 16.9 Å². The number of carboxylic acid groups (broad SMARTS) is 1. The Balaban J connectivity index is 2.80. The molecule has 0 unspecified atom stereocenters. The summed E-state index contributed by atoms with van der Waals surface area (Å²) < 4.78 is 4.74. The summed E-state index contributed by atoms with van der Waals surface area (Å²) in [7, 11) is 0. The highest BCUT2D eigenvalue weighted by Crippen LogP contribution is 2.15. The summed E-state index contributed by atoms with van der Waals surface area (Å²) >= 11 is 0. The van der Waals surface area contributed by atoms with Crippen molar-refractivity contribution in [1.82, 2.24) is 15.1 Å². The molecule has 0 fully saturated rings. The Labute approximate surface area is 78.6 Å². The van der Waals surface area contributed by atoms with Crippen LogP contribution in [0, 0.1) is 13.8 Å². The van der Waals surface area contributed by atoms with Crippen LogP contribution in [0.1, 0.15) is 21.9 Å². The molecular formula is C8H7N3O3. The van der Waals surface area contributed by atoms with Gasteiger partial charge in [0.1, 0.15) is 0 Å². The first-order valence-electron chi connectivity index (χ1n) is 3.93. The first-order valence-corrected chi connectivity index (χ1v) is 3.93. The monoisotopic (exact) mass is 193 g/mol. The minimum Gasteiger partial charge on any atom is -0.476 e. The average Bonchev–Trinajstić information content (AvgIpc) is 2.48. The van der Waals surface area contributed by atoms with Crippen molar-refractivity contribution < 1.29 is 14.4 Å². The highest BCUT2D eigenvalue weighted by Gasteiger charge is 2.18. The van der Waals surface area contributed by atoms with Crippen LogP contribution in [0.15, 0.2) is 4.52 Å². The molecule has 0 aliphatic heterocycles. The minimum atomic E-state index is -1.17. The Morgan fingerprint density at radius 3 is 2.57 bits per heavy atom. The lowest BCUT2D eigenvalue weighted by Crippen LogP contribution is -1.99. The van der Waals surface area contributed by atoms with Crippen molar-refractivity contribution >= 4 is 17.2 Å². The lowest BCUT2D eigenvalue weighted by atomic mass is 10.3. The normalized spacial score (nSPS) is 10.7. The van der Waals surface area contributed by atoms with Crippen LogP contribution in [-0.2, 0) is 0 Å². The van der Waals surface area contributed by atoms with Crippen molar-refractivity contribution in [3.63, 3.8) is 0 Å². The van der Waals surface area contributed by atoms with Gasteiger partial charge in [-0.2, -0.15) is 0 Å². The quantitative estimate of drug-likeness (QED) is 0.724. The van der Waals surface area contributed by atoms with Crippen LogP contribution in [0.4, 0.5) is 0 Å². The molecular weight excluding hydrogens is 186 g/mol. The van der Waals surface area contributed by atoms with Crippen LogP contribution < -0.4 is 0 Å². The van der Waals surface area contributed by atoms with Gasteiger partial charge in [-0.05, 0) is 13.8 Å². The molecule has 0 saturated carbocycles.